The summed E-state index contributed by atoms with van der Waals surface area (Å²) in [5, 5.41) is 21.6. The third kappa shape index (κ3) is 5.23. The molecule has 0 aliphatic carbocycles. The highest BCUT2D eigenvalue weighted by molar-refractivity contribution is 7.09. The van der Waals surface area contributed by atoms with Gasteiger partial charge in [-0.3, -0.25) is 9.20 Å². The van der Waals surface area contributed by atoms with Crippen molar-refractivity contribution in [3.63, 3.8) is 0 Å². The highest BCUT2D eigenvalue weighted by atomic mass is 32.1. The van der Waals surface area contributed by atoms with Crippen molar-refractivity contribution in [2.75, 3.05) is 24.7 Å². The number of nitriles is 1. The van der Waals surface area contributed by atoms with Gasteiger partial charge in [0.05, 0.1) is 35.5 Å². The maximum absolute atomic E-state index is 14.1. The van der Waals surface area contributed by atoms with Gasteiger partial charge in [0.2, 0.25) is 5.83 Å². The quantitative estimate of drug-likeness (QED) is 0.494. The number of anilines is 1. The highest BCUT2D eigenvalue weighted by Gasteiger charge is 2.28. The summed E-state index contributed by atoms with van der Waals surface area (Å²) in [6, 6.07) is 4.90. The molecule has 3 aromatic heterocycles. The number of aromatic nitrogens is 3. The van der Waals surface area contributed by atoms with Crippen molar-refractivity contribution in [2.24, 2.45) is 0 Å². The number of morpholine rings is 1. The smallest absolute Gasteiger partial charge is 0.364 e. The normalized spacial score (nSPS) is 16.6. The Hall–Kier alpha value is -3.62. The van der Waals surface area contributed by atoms with Gasteiger partial charge in [0.15, 0.2) is 0 Å². The minimum absolute atomic E-state index is 0.0555. The van der Waals surface area contributed by atoms with Crippen molar-refractivity contribution in [3.8, 4) is 6.07 Å². The Balaban J connectivity index is 1.75. The molecule has 0 bridgehead atoms. The van der Waals surface area contributed by atoms with E-state index in [4.69, 9.17) is 9.84 Å². The number of hydrogen-bond acceptors (Lipinski definition) is 8. The second kappa shape index (κ2) is 10.3. The Morgan fingerprint density at radius 1 is 1.43 bits per heavy atom. The molecule has 3 aromatic rings. The standard InChI is InChI=1S/C24H24FN5O4S/c1-14(2)19-13-35-21(27-19)4-3-15-5-6-30-20(9-15)28-22(29-7-8-34-12-16(29)11-26)17(23(30)31)10-18(25)24(32)33/h5-6,9-10,13-14,16H,3-4,7-8,12H2,1-2H3,(H,32,33). The Kier molecular flexibility index (Phi) is 7.23. The first-order valence-corrected chi connectivity index (χ1v) is 12.0. The van der Waals surface area contributed by atoms with Crippen molar-refractivity contribution in [1.82, 2.24) is 14.4 Å². The van der Waals surface area contributed by atoms with Gasteiger partial charge in [-0.25, -0.2) is 14.8 Å². The first kappa shape index (κ1) is 24.5. The predicted octanol–water partition coefficient (Wildman–Crippen LogP) is 3.18. The molecule has 0 spiro atoms. The summed E-state index contributed by atoms with van der Waals surface area (Å²) in [5.74, 6) is -2.87. The topological polar surface area (TPSA) is 121 Å². The zero-order valence-corrected chi connectivity index (χ0v) is 20.1. The van der Waals surface area contributed by atoms with Crippen LogP contribution in [-0.2, 0) is 22.4 Å². The number of pyridine rings is 1. The van der Waals surface area contributed by atoms with E-state index < -0.39 is 23.4 Å². The molecule has 182 valence electrons. The molecule has 0 amide bonds. The average Bonchev–Trinajstić information content (AvgIpc) is 3.33. The maximum Gasteiger partial charge on any atom is 0.364 e. The van der Waals surface area contributed by atoms with Gasteiger partial charge in [0.25, 0.3) is 5.56 Å². The molecule has 1 atom stereocenters. The fourth-order valence-corrected chi connectivity index (χ4v) is 4.75. The van der Waals surface area contributed by atoms with Crippen LogP contribution in [0.2, 0.25) is 0 Å². The number of ether oxygens (including phenoxy) is 1. The number of fused-ring (bicyclic) bond motifs is 1. The van der Waals surface area contributed by atoms with Crippen LogP contribution in [0.5, 0.6) is 0 Å². The van der Waals surface area contributed by atoms with Gasteiger partial charge in [-0.15, -0.1) is 11.3 Å². The fraction of sp³-hybridized carbons (Fsp3) is 0.375. The van der Waals surface area contributed by atoms with Gasteiger partial charge in [-0.05, 0) is 36.1 Å². The van der Waals surface area contributed by atoms with Crippen LogP contribution in [0.4, 0.5) is 10.2 Å². The Bertz CT molecular complexity index is 1390. The summed E-state index contributed by atoms with van der Waals surface area (Å²) in [7, 11) is 0. The van der Waals surface area contributed by atoms with E-state index in [1.54, 1.807) is 34.6 Å². The number of rotatable bonds is 7. The second-order valence-corrected chi connectivity index (χ2v) is 9.39. The summed E-state index contributed by atoms with van der Waals surface area (Å²) in [4.78, 5) is 35.2. The second-order valence-electron chi connectivity index (χ2n) is 8.45. The minimum atomic E-state index is -1.79. The number of carboxylic acid groups (broad SMARTS) is 1. The molecule has 35 heavy (non-hydrogen) atoms. The van der Waals surface area contributed by atoms with Gasteiger partial charge < -0.3 is 14.7 Å². The van der Waals surface area contributed by atoms with Gasteiger partial charge in [-0.1, -0.05) is 13.8 Å². The predicted molar refractivity (Wildman–Crippen MR) is 129 cm³/mol. The van der Waals surface area contributed by atoms with Crippen molar-refractivity contribution < 1.29 is 19.0 Å². The number of carbonyl (C=O) groups is 1. The summed E-state index contributed by atoms with van der Waals surface area (Å²) in [6.07, 6.45) is 3.62. The van der Waals surface area contributed by atoms with Crippen molar-refractivity contribution in [2.45, 2.75) is 38.6 Å². The van der Waals surface area contributed by atoms with E-state index in [9.17, 15) is 19.2 Å². The SMILES string of the molecule is CC(C)c1csc(CCc2ccn3c(=O)c(C=C(F)C(=O)O)c(N4CCOCC4C#N)nc3c2)n1. The largest absolute Gasteiger partial charge is 0.476 e. The number of hydrogen-bond donors (Lipinski definition) is 1. The first-order chi connectivity index (χ1) is 16.8. The molecule has 0 radical (unpaired) electrons. The molecule has 9 nitrogen and oxygen atoms in total. The minimum Gasteiger partial charge on any atom is -0.476 e. The van der Waals surface area contributed by atoms with Gasteiger partial charge in [-0.2, -0.15) is 9.65 Å². The summed E-state index contributed by atoms with van der Waals surface area (Å²) < 4.78 is 20.7. The molecule has 4 heterocycles. The van der Waals surface area contributed by atoms with E-state index in [-0.39, 0.29) is 31.1 Å². The number of halogens is 1. The Morgan fingerprint density at radius 2 is 2.23 bits per heavy atom. The fourth-order valence-electron chi connectivity index (χ4n) is 3.79. The molecule has 1 unspecified atom stereocenters. The monoisotopic (exact) mass is 497 g/mol. The molecule has 11 heteroatoms. The lowest BCUT2D eigenvalue weighted by molar-refractivity contribution is -0.134. The maximum atomic E-state index is 14.1. The summed E-state index contributed by atoms with van der Waals surface area (Å²) in [5.41, 5.74) is 1.45. The van der Waals surface area contributed by atoms with Crippen LogP contribution in [0.25, 0.3) is 11.7 Å². The molecule has 1 N–H and O–H groups in total. The van der Waals surface area contributed by atoms with Crippen LogP contribution in [0, 0.1) is 11.3 Å². The molecule has 1 aliphatic heterocycles. The Morgan fingerprint density at radius 3 is 2.91 bits per heavy atom. The van der Waals surface area contributed by atoms with E-state index in [1.807, 2.05) is 0 Å². The van der Waals surface area contributed by atoms with Crippen LogP contribution < -0.4 is 10.5 Å². The van der Waals surface area contributed by atoms with Crippen molar-refractivity contribution in [1.29, 1.82) is 5.26 Å². The zero-order valence-electron chi connectivity index (χ0n) is 19.3. The van der Waals surface area contributed by atoms with Crippen LogP contribution in [0.3, 0.4) is 0 Å². The zero-order chi connectivity index (χ0) is 25.1. The van der Waals surface area contributed by atoms with E-state index in [0.29, 0.717) is 24.1 Å². The lowest BCUT2D eigenvalue weighted by Gasteiger charge is -2.33. The molecule has 0 saturated carbocycles. The molecule has 0 aromatic carbocycles. The third-order valence-corrected chi connectivity index (χ3v) is 6.65. The molecule has 1 aliphatic rings. The summed E-state index contributed by atoms with van der Waals surface area (Å²) in [6.45, 7) is 4.82. The van der Waals surface area contributed by atoms with E-state index in [0.717, 1.165) is 22.7 Å². The van der Waals surface area contributed by atoms with Gasteiger partial charge in [0, 0.05) is 24.5 Å². The molecule has 4 rings (SSSR count). The third-order valence-electron chi connectivity index (χ3n) is 5.72. The lowest BCUT2D eigenvalue weighted by atomic mass is 10.1. The van der Waals surface area contributed by atoms with Crippen molar-refractivity contribution in [3.05, 3.63) is 61.7 Å². The molecule has 1 saturated heterocycles. The molecule has 1 fully saturated rings. The van der Waals surface area contributed by atoms with E-state index >= 15 is 0 Å². The van der Waals surface area contributed by atoms with E-state index in [1.165, 1.54) is 4.40 Å². The van der Waals surface area contributed by atoms with E-state index in [2.05, 4.69) is 35.3 Å². The average molecular weight is 498 g/mol. The number of aliphatic carboxylic acids is 1. The highest BCUT2D eigenvalue weighted by Crippen LogP contribution is 2.24. The van der Waals surface area contributed by atoms with Crippen LogP contribution in [0.15, 0.2) is 34.3 Å². The van der Waals surface area contributed by atoms with Crippen molar-refractivity contribution >= 4 is 34.8 Å². The summed E-state index contributed by atoms with van der Waals surface area (Å²) >= 11 is 1.62. The Labute approximate surface area is 204 Å². The lowest BCUT2D eigenvalue weighted by Crippen LogP contribution is -2.46. The molecular formula is C24H24FN5O4S. The van der Waals surface area contributed by atoms with Gasteiger partial charge >= 0.3 is 5.97 Å². The van der Waals surface area contributed by atoms with Crippen LogP contribution >= 0.6 is 11.3 Å². The number of aryl methyl sites for hydroxylation is 2. The van der Waals surface area contributed by atoms with Crippen LogP contribution in [0.1, 0.15) is 41.6 Å². The number of thiazole rings is 1. The molecular weight excluding hydrogens is 473 g/mol. The number of nitrogens with zero attached hydrogens (tertiary/aromatic N) is 5. The number of carboxylic acids is 1. The first-order valence-electron chi connectivity index (χ1n) is 11.1. The van der Waals surface area contributed by atoms with Gasteiger partial charge in [0.1, 0.15) is 17.5 Å². The van der Waals surface area contributed by atoms with Crippen LogP contribution in [-0.4, -0.2) is 51.2 Å².